The Morgan fingerprint density at radius 2 is 2.22 bits per heavy atom. The normalized spacial score (nSPS) is 22.6. The molecule has 4 heteroatoms. The first-order valence-corrected chi connectivity index (χ1v) is 7.20. The van der Waals surface area contributed by atoms with Gasteiger partial charge in [0.2, 0.25) is 0 Å². The second-order valence-corrected chi connectivity index (χ2v) is 6.22. The third-order valence-corrected chi connectivity index (χ3v) is 4.14. The average molecular weight is 255 g/mol. The summed E-state index contributed by atoms with van der Waals surface area (Å²) in [5.74, 6) is 1.25. The fraction of sp³-hybridized carbons (Fsp3) is 0.929. The number of oxime groups is 1. The molecule has 18 heavy (non-hydrogen) atoms. The maximum Gasteiger partial charge on any atom is 0.144 e. The number of hydrogen-bond acceptors (Lipinski definition) is 3. The molecule has 1 saturated heterocycles. The Balaban J connectivity index is 2.23. The van der Waals surface area contributed by atoms with Gasteiger partial charge in [0, 0.05) is 12.0 Å². The Morgan fingerprint density at radius 3 is 2.83 bits per heavy atom. The smallest absolute Gasteiger partial charge is 0.144 e. The van der Waals surface area contributed by atoms with Crippen LogP contribution in [0.2, 0.25) is 0 Å². The number of nitrogens with two attached hydrogens (primary N) is 1. The van der Waals surface area contributed by atoms with E-state index in [0.717, 1.165) is 25.3 Å². The van der Waals surface area contributed by atoms with E-state index in [0.29, 0.717) is 5.84 Å². The summed E-state index contributed by atoms with van der Waals surface area (Å²) >= 11 is 0. The third-order valence-electron chi connectivity index (χ3n) is 4.14. The van der Waals surface area contributed by atoms with E-state index in [1.807, 2.05) is 13.8 Å². The Morgan fingerprint density at radius 1 is 1.50 bits per heavy atom. The van der Waals surface area contributed by atoms with Crippen molar-refractivity contribution in [2.45, 2.75) is 52.9 Å². The van der Waals surface area contributed by atoms with E-state index in [-0.39, 0.29) is 5.41 Å². The van der Waals surface area contributed by atoms with Crippen molar-refractivity contribution in [3.63, 3.8) is 0 Å². The van der Waals surface area contributed by atoms with Gasteiger partial charge in [-0.25, -0.2) is 0 Å². The molecule has 1 rings (SSSR count). The Hall–Kier alpha value is -0.770. The van der Waals surface area contributed by atoms with Gasteiger partial charge in [-0.05, 0) is 44.7 Å². The number of likely N-dealkylation sites (tertiary alicyclic amines) is 1. The van der Waals surface area contributed by atoms with Gasteiger partial charge in [0.25, 0.3) is 0 Å². The van der Waals surface area contributed by atoms with Crippen molar-refractivity contribution in [2.75, 3.05) is 19.6 Å². The Kier molecular flexibility index (Phi) is 5.93. The maximum absolute atomic E-state index is 8.73. The molecule has 0 aromatic heterocycles. The van der Waals surface area contributed by atoms with Gasteiger partial charge in [-0.15, -0.1) is 0 Å². The highest BCUT2D eigenvalue weighted by Crippen LogP contribution is 2.25. The summed E-state index contributed by atoms with van der Waals surface area (Å²) in [5.41, 5.74) is 5.50. The van der Waals surface area contributed by atoms with E-state index in [2.05, 4.69) is 17.0 Å². The van der Waals surface area contributed by atoms with Crippen LogP contribution in [0.5, 0.6) is 0 Å². The number of amidine groups is 1. The van der Waals surface area contributed by atoms with Crippen molar-refractivity contribution in [1.29, 1.82) is 0 Å². The van der Waals surface area contributed by atoms with Crippen LogP contribution in [0.4, 0.5) is 0 Å². The predicted octanol–water partition coefficient (Wildman–Crippen LogP) is 2.66. The van der Waals surface area contributed by atoms with Crippen LogP contribution in [0.15, 0.2) is 5.16 Å². The monoisotopic (exact) mass is 255 g/mol. The summed E-state index contributed by atoms with van der Waals surface area (Å²) in [5, 5.41) is 11.9. The standard InChI is InChI=1S/C14H29N3O/c1-4-6-12-7-10-17(11-12)9-5-8-14(2,3)13(15)16-18/h12,18H,4-11H2,1-3H3,(H2,15,16). The first-order chi connectivity index (χ1) is 8.49. The molecule has 0 aromatic rings. The summed E-state index contributed by atoms with van der Waals surface area (Å²) in [6.45, 7) is 9.98. The summed E-state index contributed by atoms with van der Waals surface area (Å²) < 4.78 is 0. The van der Waals surface area contributed by atoms with Crippen molar-refractivity contribution in [3.05, 3.63) is 0 Å². The average Bonchev–Trinajstić information content (AvgIpc) is 2.76. The van der Waals surface area contributed by atoms with E-state index in [1.54, 1.807) is 0 Å². The van der Waals surface area contributed by atoms with E-state index in [9.17, 15) is 0 Å². The number of hydrogen-bond donors (Lipinski definition) is 2. The van der Waals surface area contributed by atoms with Crippen LogP contribution in [0.3, 0.4) is 0 Å². The summed E-state index contributed by atoms with van der Waals surface area (Å²) in [6.07, 6.45) is 6.11. The van der Waals surface area contributed by atoms with E-state index in [4.69, 9.17) is 10.9 Å². The molecule has 1 unspecified atom stereocenters. The van der Waals surface area contributed by atoms with Crippen LogP contribution in [0.1, 0.15) is 52.9 Å². The van der Waals surface area contributed by atoms with Crippen molar-refractivity contribution in [2.24, 2.45) is 22.2 Å². The summed E-state index contributed by atoms with van der Waals surface area (Å²) in [7, 11) is 0. The Labute approximate surface area is 111 Å². The van der Waals surface area contributed by atoms with E-state index >= 15 is 0 Å². The van der Waals surface area contributed by atoms with E-state index in [1.165, 1.54) is 32.4 Å². The van der Waals surface area contributed by atoms with Crippen molar-refractivity contribution < 1.29 is 5.21 Å². The molecule has 0 spiro atoms. The molecule has 0 bridgehead atoms. The minimum Gasteiger partial charge on any atom is -0.409 e. The van der Waals surface area contributed by atoms with Gasteiger partial charge < -0.3 is 15.8 Å². The molecule has 1 heterocycles. The molecule has 1 atom stereocenters. The van der Waals surface area contributed by atoms with E-state index < -0.39 is 0 Å². The number of nitrogens with zero attached hydrogens (tertiary/aromatic N) is 2. The molecule has 4 nitrogen and oxygen atoms in total. The molecular weight excluding hydrogens is 226 g/mol. The fourth-order valence-electron chi connectivity index (χ4n) is 2.77. The largest absolute Gasteiger partial charge is 0.409 e. The molecule has 1 aliphatic rings. The lowest BCUT2D eigenvalue weighted by Crippen LogP contribution is -2.33. The van der Waals surface area contributed by atoms with Crippen molar-refractivity contribution >= 4 is 5.84 Å². The highest BCUT2D eigenvalue weighted by Gasteiger charge is 2.25. The van der Waals surface area contributed by atoms with Crippen LogP contribution >= 0.6 is 0 Å². The zero-order chi connectivity index (χ0) is 13.6. The Bertz CT molecular complexity index is 276. The van der Waals surface area contributed by atoms with Gasteiger partial charge in [0.05, 0.1) is 0 Å². The zero-order valence-corrected chi connectivity index (χ0v) is 12.2. The fourth-order valence-corrected chi connectivity index (χ4v) is 2.77. The van der Waals surface area contributed by atoms with Gasteiger partial charge in [-0.1, -0.05) is 32.3 Å². The maximum atomic E-state index is 8.73. The molecular formula is C14H29N3O. The van der Waals surface area contributed by atoms with Gasteiger partial charge >= 0.3 is 0 Å². The highest BCUT2D eigenvalue weighted by atomic mass is 16.4. The second-order valence-electron chi connectivity index (χ2n) is 6.22. The van der Waals surface area contributed by atoms with Crippen LogP contribution in [0.25, 0.3) is 0 Å². The second kappa shape index (κ2) is 6.98. The van der Waals surface area contributed by atoms with Gasteiger partial charge in [0.15, 0.2) is 0 Å². The zero-order valence-electron chi connectivity index (χ0n) is 12.2. The molecule has 1 aliphatic heterocycles. The molecule has 0 aliphatic carbocycles. The lowest BCUT2D eigenvalue weighted by molar-refractivity contribution is 0.285. The SMILES string of the molecule is CCCC1CCN(CCCC(C)(C)C(N)=NO)C1. The lowest BCUT2D eigenvalue weighted by atomic mass is 9.86. The molecule has 0 aromatic carbocycles. The molecule has 0 saturated carbocycles. The van der Waals surface area contributed by atoms with Crippen molar-refractivity contribution in [1.82, 2.24) is 4.90 Å². The van der Waals surface area contributed by atoms with Crippen molar-refractivity contribution in [3.8, 4) is 0 Å². The number of rotatable bonds is 7. The molecule has 1 fully saturated rings. The topological polar surface area (TPSA) is 61.8 Å². The third kappa shape index (κ3) is 4.48. The minimum absolute atomic E-state index is 0.197. The molecule has 0 amide bonds. The molecule has 3 N–H and O–H groups in total. The quantitative estimate of drug-likeness (QED) is 0.318. The highest BCUT2D eigenvalue weighted by molar-refractivity contribution is 5.85. The summed E-state index contributed by atoms with van der Waals surface area (Å²) in [4.78, 5) is 2.56. The van der Waals surface area contributed by atoms with Crippen LogP contribution < -0.4 is 5.73 Å². The van der Waals surface area contributed by atoms with Crippen LogP contribution in [0, 0.1) is 11.3 Å². The predicted molar refractivity (Wildman–Crippen MR) is 75.9 cm³/mol. The molecule has 106 valence electrons. The minimum atomic E-state index is -0.197. The first-order valence-electron chi connectivity index (χ1n) is 7.20. The molecule has 0 radical (unpaired) electrons. The van der Waals surface area contributed by atoms with Crippen LogP contribution in [-0.4, -0.2) is 35.6 Å². The van der Waals surface area contributed by atoms with Gasteiger partial charge in [-0.3, -0.25) is 0 Å². The lowest BCUT2D eigenvalue weighted by Gasteiger charge is -2.24. The van der Waals surface area contributed by atoms with Gasteiger partial charge in [-0.2, -0.15) is 0 Å². The first kappa shape index (κ1) is 15.3. The summed E-state index contributed by atoms with van der Waals surface area (Å²) in [6, 6.07) is 0. The van der Waals surface area contributed by atoms with Crippen LogP contribution in [-0.2, 0) is 0 Å². The van der Waals surface area contributed by atoms with Gasteiger partial charge in [0.1, 0.15) is 5.84 Å².